The lowest BCUT2D eigenvalue weighted by atomic mass is 10.2. The van der Waals surface area contributed by atoms with E-state index in [4.69, 9.17) is 37.7 Å². The molecule has 0 saturated heterocycles. The van der Waals surface area contributed by atoms with Gasteiger partial charge in [0.1, 0.15) is 23.8 Å². The molecule has 7 nitrogen and oxygen atoms in total. The molecular weight excluding hydrogens is 529 g/mol. The van der Waals surface area contributed by atoms with Crippen molar-refractivity contribution in [1.29, 1.82) is 0 Å². The number of thiazole rings is 1. The highest BCUT2D eigenvalue weighted by molar-refractivity contribution is 7.11. The van der Waals surface area contributed by atoms with E-state index in [2.05, 4.69) is 27.1 Å². The second-order valence-corrected chi connectivity index (χ2v) is 9.86. The number of benzene rings is 2. The number of anilines is 2. The summed E-state index contributed by atoms with van der Waals surface area (Å²) in [6, 6.07) is 9.06. The Hall–Kier alpha value is -2.36. The first kappa shape index (κ1) is 25.7. The van der Waals surface area contributed by atoms with Crippen molar-refractivity contribution in [1.82, 2.24) is 19.9 Å². The number of hydrogen-bond acceptors (Lipinski definition) is 8. The summed E-state index contributed by atoms with van der Waals surface area (Å²) >= 11 is 13.9. The van der Waals surface area contributed by atoms with E-state index < -0.39 is 0 Å². The van der Waals surface area contributed by atoms with Gasteiger partial charge < -0.3 is 14.8 Å². The Morgan fingerprint density at radius 2 is 1.97 bits per heavy atom. The minimum atomic E-state index is 0. The number of fused-ring (bicyclic) bond motifs is 2. The number of likely N-dealkylation sites (N-methyl/N-ethyl adjacent to an activating group) is 1. The van der Waals surface area contributed by atoms with E-state index in [1.807, 2.05) is 18.2 Å². The van der Waals surface area contributed by atoms with Gasteiger partial charge in [-0.3, -0.25) is 4.90 Å². The Balaban J connectivity index is 0.00000289. The van der Waals surface area contributed by atoms with Crippen LogP contribution in [0, 0.1) is 0 Å². The lowest BCUT2D eigenvalue weighted by Gasteiger charge is -2.23. The van der Waals surface area contributed by atoms with Crippen molar-refractivity contribution in [2.45, 2.75) is 26.5 Å². The van der Waals surface area contributed by atoms with Gasteiger partial charge in [0.2, 0.25) is 0 Å². The Morgan fingerprint density at radius 1 is 1.11 bits per heavy atom. The molecule has 0 aliphatic carbocycles. The van der Waals surface area contributed by atoms with E-state index in [1.165, 1.54) is 16.9 Å². The van der Waals surface area contributed by atoms with Gasteiger partial charge in [-0.1, -0.05) is 30.1 Å². The quantitative estimate of drug-likeness (QED) is 0.280. The monoisotopic (exact) mass is 551 g/mol. The molecule has 2 aromatic carbocycles. The normalized spacial score (nSPS) is 13.3. The van der Waals surface area contributed by atoms with E-state index in [-0.39, 0.29) is 12.4 Å². The molecular formula is C24H24Cl3N5O2S. The molecule has 0 spiro atoms. The fourth-order valence-electron chi connectivity index (χ4n) is 3.92. The molecule has 0 amide bonds. The number of hydrogen-bond donors (Lipinski definition) is 1. The summed E-state index contributed by atoms with van der Waals surface area (Å²) in [5, 5.41) is 5.99. The summed E-state index contributed by atoms with van der Waals surface area (Å²) in [6.45, 7) is 5.65. The maximum atomic E-state index is 6.15. The van der Waals surface area contributed by atoms with Gasteiger partial charge in [-0.15, -0.1) is 23.7 Å². The largest absolute Gasteiger partial charge is 0.493 e. The molecule has 3 heterocycles. The molecule has 0 fully saturated rings. The van der Waals surface area contributed by atoms with Crippen molar-refractivity contribution >= 4 is 69.4 Å². The van der Waals surface area contributed by atoms with Crippen LogP contribution in [0.3, 0.4) is 0 Å². The van der Waals surface area contributed by atoms with Gasteiger partial charge in [0.05, 0.1) is 28.4 Å². The van der Waals surface area contributed by atoms with E-state index in [0.717, 1.165) is 47.7 Å². The van der Waals surface area contributed by atoms with Crippen molar-refractivity contribution in [3.63, 3.8) is 0 Å². The number of halogens is 3. The summed E-state index contributed by atoms with van der Waals surface area (Å²) in [7, 11) is 1.62. The van der Waals surface area contributed by atoms with Gasteiger partial charge in [-0.25, -0.2) is 15.0 Å². The van der Waals surface area contributed by atoms with Gasteiger partial charge >= 0.3 is 0 Å². The highest BCUT2D eigenvalue weighted by Crippen LogP contribution is 2.36. The second kappa shape index (κ2) is 11.1. The van der Waals surface area contributed by atoms with Crippen molar-refractivity contribution in [2.24, 2.45) is 0 Å². The minimum absolute atomic E-state index is 0. The van der Waals surface area contributed by atoms with Crippen LogP contribution < -0.4 is 14.8 Å². The van der Waals surface area contributed by atoms with Crippen LogP contribution in [0.1, 0.15) is 22.5 Å². The molecule has 0 radical (unpaired) electrons. The highest BCUT2D eigenvalue weighted by Gasteiger charge is 2.20. The van der Waals surface area contributed by atoms with Gasteiger partial charge in [-0.05, 0) is 30.8 Å². The summed E-state index contributed by atoms with van der Waals surface area (Å²) < 4.78 is 11.8. The van der Waals surface area contributed by atoms with Crippen LogP contribution in [-0.4, -0.2) is 40.1 Å². The molecule has 2 aromatic heterocycles. The fraction of sp³-hybridized carbons (Fsp3) is 0.292. The molecule has 0 bridgehead atoms. The Bertz CT molecular complexity index is 1350. The molecule has 1 N–H and O–H groups in total. The SMILES string of the molecule is CCN1CCc2nc(COc3cc4ncnc(Nc5ccc(Cl)c(Cl)c5)c4cc3OC)sc2C1.Cl. The van der Waals surface area contributed by atoms with Gasteiger partial charge in [0, 0.05) is 41.5 Å². The topological polar surface area (TPSA) is 72.4 Å². The molecule has 0 atom stereocenters. The van der Waals surface area contributed by atoms with Crippen molar-refractivity contribution in [3.05, 3.63) is 62.3 Å². The zero-order chi connectivity index (χ0) is 23.7. The van der Waals surface area contributed by atoms with Crippen LogP contribution in [0.4, 0.5) is 11.5 Å². The minimum Gasteiger partial charge on any atom is -0.493 e. The average molecular weight is 553 g/mol. The lowest BCUT2D eigenvalue weighted by molar-refractivity contribution is 0.269. The predicted octanol–water partition coefficient (Wildman–Crippen LogP) is 6.52. The number of nitrogens with zero attached hydrogens (tertiary/aromatic N) is 4. The Kier molecular flexibility index (Phi) is 8.19. The molecule has 184 valence electrons. The number of methoxy groups -OCH3 is 1. The predicted molar refractivity (Wildman–Crippen MR) is 144 cm³/mol. The standard InChI is InChI=1S/C24H23Cl2N5O2S.ClH/c1-3-31-7-6-18-22(11-31)34-23(30-18)12-33-21-10-19-15(9-20(21)32-2)24(28-13-27-19)29-14-4-5-16(25)17(26)8-14;/h4-5,8-10,13H,3,6-7,11-12H2,1-2H3,(H,27,28,29);1H. The van der Waals surface area contributed by atoms with Gasteiger partial charge in [-0.2, -0.15) is 0 Å². The smallest absolute Gasteiger partial charge is 0.163 e. The molecule has 0 saturated carbocycles. The van der Waals surface area contributed by atoms with E-state index in [1.54, 1.807) is 30.6 Å². The molecule has 4 aromatic rings. The second-order valence-electron chi connectivity index (χ2n) is 7.88. The van der Waals surface area contributed by atoms with Crippen molar-refractivity contribution in [3.8, 4) is 11.5 Å². The first-order chi connectivity index (χ1) is 16.5. The zero-order valence-corrected chi connectivity index (χ0v) is 22.3. The molecule has 11 heteroatoms. The number of aromatic nitrogens is 3. The maximum absolute atomic E-state index is 6.15. The van der Waals surface area contributed by atoms with Crippen LogP contribution in [0.15, 0.2) is 36.7 Å². The Labute approximate surface area is 223 Å². The molecule has 5 rings (SSSR count). The molecule has 35 heavy (non-hydrogen) atoms. The van der Waals surface area contributed by atoms with Crippen molar-refractivity contribution < 1.29 is 9.47 Å². The molecule has 1 aliphatic rings. The van der Waals surface area contributed by atoms with E-state index >= 15 is 0 Å². The fourth-order valence-corrected chi connectivity index (χ4v) is 5.29. The maximum Gasteiger partial charge on any atom is 0.163 e. The van der Waals surface area contributed by atoms with Crippen LogP contribution in [0.5, 0.6) is 11.5 Å². The summed E-state index contributed by atoms with van der Waals surface area (Å²) in [5.74, 6) is 1.83. The first-order valence-corrected chi connectivity index (χ1v) is 12.5. The first-order valence-electron chi connectivity index (χ1n) is 10.9. The van der Waals surface area contributed by atoms with Crippen LogP contribution in [0.25, 0.3) is 10.9 Å². The third-order valence-corrected chi connectivity index (χ3v) is 7.55. The van der Waals surface area contributed by atoms with E-state index in [0.29, 0.717) is 34.0 Å². The van der Waals surface area contributed by atoms with Crippen molar-refractivity contribution in [2.75, 3.05) is 25.5 Å². The summed E-state index contributed by atoms with van der Waals surface area (Å²) in [4.78, 5) is 17.4. The molecule has 1 aliphatic heterocycles. The van der Waals surface area contributed by atoms with Gasteiger partial charge in [0.25, 0.3) is 0 Å². The Morgan fingerprint density at radius 3 is 2.74 bits per heavy atom. The number of ether oxygens (including phenoxy) is 2. The zero-order valence-electron chi connectivity index (χ0n) is 19.2. The number of rotatable bonds is 7. The average Bonchev–Trinajstić information content (AvgIpc) is 3.26. The lowest BCUT2D eigenvalue weighted by Crippen LogP contribution is -2.29. The summed E-state index contributed by atoms with van der Waals surface area (Å²) in [5.41, 5.74) is 2.69. The third-order valence-electron chi connectivity index (χ3n) is 5.76. The summed E-state index contributed by atoms with van der Waals surface area (Å²) in [6.07, 6.45) is 2.50. The van der Waals surface area contributed by atoms with Gasteiger partial charge in [0.15, 0.2) is 11.5 Å². The van der Waals surface area contributed by atoms with Crippen LogP contribution in [0.2, 0.25) is 10.0 Å². The number of nitrogens with one attached hydrogen (secondary N) is 1. The van der Waals surface area contributed by atoms with Crippen LogP contribution in [-0.2, 0) is 19.6 Å². The molecule has 0 unspecified atom stereocenters. The highest BCUT2D eigenvalue weighted by atomic mass is 35.5. The third kappa shape index (κ3) is 5.57. The van der Waals surface area contributed by atoms with Crippen LogP contribution >= 0.6 is 46.9 Å². The van der Waals surface area contributed by atoms with E-state index in [9.17, 15) is 0 Å².